The van der Waals surface area contributed by atoms with E-state index in [4.69, 9.17) is 4.55 Å². The van der Waals surface area contributed by atoms with Gasteiger partial charge in [0, 0.05) is 11.1 Å². The molecule has 2 aromatic carbocycles. The smallest absolute Gasteiger partial charge is 1.00 e. The third-order valence-electron chi connectivity index (χ3n) is 2.60. The summed E-state index contributed by atoms with van der Waals surface area (Å²) in [5.74, 6) is -0.578. The van der Waals surface area contributed by atoms with Crippen molar-refractivity contribution in [3.05, 3.63) is 71.3 Å². The summed E-state index contributed by atoms with van der Waals surface area (Å²) in [6.45, 7) is 0. The van der Waals surface area contributed by atoms with Gasteiger partial charge in [-0.3, -0.25) is 9.35 Å². The molecular formula is C14H13NaO4S. The number of carbonyl (C=O) groups excluding carboxylic acids is 1. The quantitative estimate of drug-likeness (QED) is 0.466. The number of hydrogen-bond acceptors (Lipinski definition) is 3. The van der Waals surface area contributed by atoms with Crippen LogP contribution in [0.5, 0.6) is 0 Å². The summed E-state index contributed by atoms with van der Waals surface area (Å²) in [7, 11) is -4.05. The number of ketones is 1. The predicted octanol–water partition coefficient (Wildman–Crippen LogP) is -0.578. The first-order valence-electron chi connectivity index (χ1n) is 5.59. The van der Waals surface area contributed by atoms with Crippen molar-refractivity contribution in [1.29, 1.82) is 0 Å². The maximum absolute atomic E-state index is 12.1. The molecule has 1 N–H and O–H groups in total. The van der Waals surface area contributed by atoms with Gasteiger partial charge in [-0.1, -0.05) is 54.6 Å². The number of carbonyl (C=O) groups is 1. The van der Waals surface area contributed by atoms with Crippen LogP contribution in [0.2, 0.25) is 0 Å². The Morgan fingerprint density at radius 2 is 1.45 bits per heavy atom. The zero-order valence-corrected chi connectivity index (χ0v) is 13.8. The maximum atomic E-state index is 12.1. The topological polar surface area (TPSA) is 71.4 Å². The molecule has 0 saturated heterocycles. The Labute approximate surface area is 141 Å². The second-order valence-corrected chi connectivity index (χ2v) is 5.57. The van der Waals surface area contributed by atoms with Gasteiger partial charge in [0.25, 0.3) is 10.1 Å². The second kappa shape index (κ2) is 7.15. The minimum absolute atomic E-state index is 0. The van der Waals surface area contributed by atoms with Crippen LogP contribution in [0.15, 0.2) is 54.6 Å². The fourth-order valence-electron chi connectivity index (χ4n) is 1.72. The Morgan fingerprint density at radius 1 is 0.950 bits per heavy atom. The molecule has 2 rings (SSSR count). The van der Waals surface area contributed by atoms with Gasteiger partial charge in [0.05, 0.1) is 0 Å². The van der Waals surface area contributed by atoms with Crippen LogP contribution < -0.4 is 29.6 Å². The molecule has 0 amide bonds. The SMILES string of the molecule is O=C(c1ccccc1)c1ccc(CS(=O)(=O)O)cc1.[H-].[Na+]. The Hall–Kier alpha value is -0.980. The summed E-state index contributed by atoms with van der Waals surface area (Å²) < 4.78 is 30.2. The van der Waals surface area contributed by atoms with Crippen LogP contribution in [0.1, 0.15) is 22.9 Å². The normalized spacial score (nSPS) is 10.7. The molecule has 0 aliphatic heterocycles. The summed E-state index contributed by atoms with van der Waals surface area (Å²) in [4.78, 5) is 12.1. The number of rotatable bonds is 4. The first-order valence-corrected chi connectivity index (χ1v) is 7.20. The first-order chi connectivity index (χ1) is 8.96. The maximum Gasteiger partial charge on any atom is 1.00 e. The zero-order valence-electron chi connectivity index (χ0n) is 12.0. The van der Waals surface area contributed by atoms with E-state index in [9.17, 15) is 13.2 Å². The van der Waals surface area contributed by atoms with Gasteiger partial charge in [0.2, 0.25) is 0 Å². The van der Waals surface area contributed by atoms with Crippen molar-refractivity contribution >= 4 is 15.9 Å². The fraction of sp³-hybridized carbons (Fsp3) is 0.0714. The van der Waals surface area contributed by atoms with Gasteiger partial charge < -0.3 is 1.43 Å². The molecular weight excluding hydrogens is 287 g/mol. The van der Waals surface area contributed by atoms with E-state index in [1.807, 2.05) is 6.07 Å². The van der Waals surface area contributed by atoms with Crippen LogP contribution >= 0.6 is 0 Å². The summed E-state index contributed by atoms with van der Waals surface area (Å²) >= 11 is 0. The van der Waals surface area contributed by atoms with Gasteiger partial charge in [-0.05, 0) is 5.56 Å². The van der Waals surface area contributed by atoms with Gasteiger partial charge in [0.15, 0.2) is 5.78 Å². The molecule has 4 nitrogen and oxygen atoms in total. The predicted molar refractivity (Wildman–Crippen MR) is 72.7 cm³/mol. The van der Waals surface area contributed by atoms with Gasteiger partial charge in [0.1, 0.15) is 5.75 Å². The van der Waals surface area contributed by atoms with E-state index in [-0.39, 0.29) is 36.8 Å². The van der Waals surface area contributed by atoms with Crippen LogP contribution in [0.25, 0.3) is 0 Å². The van der Waals surface area contributed by atoms with E-state index >= 15 is 0 Å². The van der Waals surface area contributed by atoms with E-state index in [0.29, 0.717) is 16.7 Å². The van der Waals surface area contributed by atoms with Crippen molar-refractivity contribution in [1.82, 2.24) is 0 Å². The van der Waals surface area contributed by atoms with Crippen LogP contribution in [-0.2, 0) is 15.9 Å². The van der Waals surface area contributed by atoms with Crippen molar-refractivity contribution in [2.45, 2.75) is 5.75 Å². The molecule has 0 radical (unpaired) electrons. The number of benzene rings is 2. The molecule has 2 aromatic rings. The monoisotopic (exact) mass is 300 g/mol. The second-order valence-electron chi connectivity index (χ2n) is 4.12. The molecule has 0 atom stereocenters. The van der Waals surface area contributed by atoms with Gasteiger partial charge >= 0.3 is 29.6 Å². The molecule has 0 spiro atoms. The van der Waals surface area contributed by atoms with Crippen molar-refractivity contribution < 1.29 is 48.7 Å². The Morgan fingerprint density at radius 3 is 1.95 bits per heavy atom. The molecule has 20 heavy (non-hydrogen) atoms. The van der Waals surface area contributed by atoms with E-state index in [1.54, 1.807) is 36.4 Å². The number of hydrogen-bond donors (Lipinski definition) is 1. The summed E-state index contributed by atoms with van der Waals surface area (Å²) in [6, 6.07) is 15.0. The van der Waals surface area contributed by atoms with Crippen LogP contribution in [0.4, 0.5) is 0 Å². The molecule has 0 bridgehead atoms. The van der Waals surface area contributed by atoms with Gasteiger partial charge in [-0.25, -0.2) is 0 Å². The van der Waals surface area contributed by atoms with Crippen LogP contribution in [0.3, 0.4) is 0 Å². The molecule has 0 heterocycles. The van der Waals surface area contributed by atoms with Crippen molar-refractivity contribution in [2.75, 3.05) is 0 Å². The van der Waals surface area contributed by atoms with E-state index in [0.717, 1.165) is 0 Å². The van der Waals surface area contributed by atoms with Crippen molar-refractivity contribution in [3.8, 4) is 0 Å². The summed E-state index contributed by atoms with van der Waals surface area (Å²) in [6.07, 6.45) is 0. The molecule has 0 aliphatic rings. The summed E-state index contributed by atoms with van der Waals surface area (Å²) in [5, 5.41) is 0. The minimum atomic E-state index is -4.05. The van der Waals surface area contributed by atoms with Crippen LogP contribution in [-0.4, -0.2) is 18.8 Å². The van der Waals surface area contributed by atoms with E-state index in [1.165, 1.54) is 12.1 Å². The molecule has 0 fully saturated rings. The fourth-order valence-corrected chi connectivity index (χ4v) is 2.33. The van der Waals surface area contributed by atoms with Gasteiger partial charge in [-0.15, -0.1) is 0 Å². The molecule has 0 aromatic heterocycles. The average Bonchev–Trinajstić information content (AvgIpc) is 2.38. The third-order valence-corrected chi connectivity index (χ3v) is 3.30. The van der Waals surface area contributed by atoms with Gasteiger partial charge in [-0.2, -0.15) is 8.42 Å². The third kappa shape index (κ3) is 4.85. The Kier molecular flexibility index (Phi) is 6.10. The molecule has 100 valence electrons. The van der Waals surface area contributed by atoms with E-state index in [2.05, 4.69) is 0 Å². The average molecular weight is 300 g/mol. The molecule has 0 aliphatic carbocycles. The van der Waals surface area contributed by atoms with Crippen molar-refractivity contribution in [2.24, 2.45) is 0 Å². The zero-order chi connectivity index (χ0) is 13.9. The largest absolute Gasteiger partial charge is 1.00 e. The minimum Gasteiger partial charge on any atom is -1.00 e. The Bertz CT molecular complexity index is 685. The van der Waals surface area contributed by atoms with E-state index < -0.39 is 15.9 Å². The molecule has 0 unspecified atom stereocenters. The summed E-state index contributed by atoms with van der Waals surface area (Å²) in [5.41, 5.74) is 1.49. The van der Waals surface area contributed by atoms with Crippen LogP contribution in [0, 0.1) is 0 Å². The standard InChI is InChI=1S/C14H12O4S.Na.H/c15-14(12-4-2-1-3-5-12)13-8-6-11(7-9-13)10-19(16,17)18;;/h1-9H,10H2,(H,16,17,18);;/q;+1;-1. The molecule has 6 heteroatoms. The van der Waals surface area contributed by atoms with Crippen molar-refractivity contribution in [3.63, 3.8) is 0 Å². The first kappa shape index (κ1) is 17.1. The molecule has 0 saturated carbocycles. The Balaban J connectivity index is 0.00000200.